The smallest absolute Gasteiger partial charge is 0.0621 e. The number of aryl methyl sites for hydroxylation is 4. The molecule has 0 fully saturated rings. The Morgan fingerprint density at radius 2 is 1.40 bits per heavy atom. The molecule has 0 radical (unpaired) electrons. The van der Waals surface area contributed by atoms with Gasteiger partial charge in [-0.2, -0.15) is 0 Å². The Morgan fingerprint density at radius 1 is 0.850 bits per heavy atom. The third-order valence-electron chi connectivity index (χ3n) is 3.84. The van der Waals surface area contributed by atoms with Gasteiger partial charge in [0.25, 0.3) is 0 Å². The van der Waals surface area contributed by atoms with Crippen LogP contribution in [0.5, 0.6) is 0 Å². The zero-order chi connectivity index (χ0) is 14.7. The van der Waals surface area contributed by atoms with Gasteiger partial charge in [0.15, 0.2) is 0 Å². The maximum atomic E-state index is 10.4. The van der Waals surface area contributed by atoms with E-state index in [0.29, 0.717) is 0 Å². The number of benzene rings is 2. The van der Waals surface area contributed by atoms with E-state index in [1.807, 2.05) is 0 Å². The van der Waals surface area contributed by atoms with E-state index in [4.69, 9.17) is 0 Å². The molecule has 1 atom stereocenters. The molecule has 0 heterocycles. The predicted octanol–water partition coefficient (Wildman–Crippen LogP) is 4.07. The molecule has 2 aromatic rings. The van der Waals surface area contributed by atoms with Crippen LogP contribution in [0.2, 0.25) is 0 Å². The van der Waals surface area contributed by atoms with E-state index in [-0.39, 0.29) is 6.10 Å². The quantitative estimate of drug-likeness (QED) is 0.886. The second-order valence-corrected chi connectivity index (χ2v) is 5.93. The van der Waals surface area contributed by atoms with Gasteiger partial charge in [0.2, 0.25) is 0 Å². The number of aliphatic hydroxyl groups is 1. The Hall–Kier alpha value is -1.60. The van der Waals surface area contributed by atoms with Crippen LogP contribution < -0.4 is 0 Å². The maximum Gasteiger partial charge on any atom is 0.0621 e. The van der Waals surface area contributed by atoms with E-state index in [0.717, 1.165) is 12.8 Å². The van der Waals surface area contributed by atoms with E-state index in [9.17, 15) is 5.11 Å². The summed E-state index contributed by atoms with van der Waals surface area (Å²) in [4.78, 5) is 0. The molecule has 2 rings (SSSR count). The Kier molecular flexibility index (Phi) is 4.61. The van der Waals surface area contributed by atoms with Crippen LogP contribution in [0.4, 0.5) is 0 Å². The average molecular weight is 268 g/mol. The van der Waals surface area contributed by atoms with Crippen LogP contribution in [0.1, 0.15) is 33.4 Å². The summed E-state index contributed by atoms with van der Waals surface area (Å²) in [5.41, 5.74) is 7.57. The Bertz CT molecular complexity index is 558. The summed E-state index contributed by atoms with van der Waals surface area (Å²) in [5, 5.41) is 10.4. The molecule has 0 amide bonds. The van der Waals surface area contributed by atoms with Crippen LogP contribution in [-0.4, -0.2) is 11.2 Å². The molecule has 1 N–H and O–H groups in total. The van der Waals surface area contributed by atoms with Crippen molar-refractivity contribution < 1.29 is 5.11 Å². The summed E-state index contributed by atoms with van der Waals surface area (Å²) in [6.45, 7) is 8.44. The van der Waals surface area contributed by atoms with Crippen molar-refractivity contribution in [2.24, 2.45) is 0 Å². The lowest BCUT2D eigenvalue weighted by atomic mass is 9.94. The van der Waals surface area contributed by atoms with Crippen molar-refractivity contribution in [2.75, 3.05) is 0 Å². The minimum Gasteiger partial charge on any atom is -0.392 e. The Morgan fingerprint density at radius 3 is 1.95 bits per heavy atom. The predicted molar refractivity (Wildman–Crippen MR) is 85.2 cm³/mol. The molecule has 2 aromatic carbocycles. The van der Waals surface area contributed by atoms with Gasteiger partial charge in [0, 0.05) is 0 Å². The number of aliphatic hydroxyl groups excluding tert-OH is 1. The van der Waals surface area contributed by atoms with Gasteiger partial charge in [-0.15, -0.1) is 0 Å². The summed E-state index contributed by atoms with van der Waals surface area (Å²) in [6, 6.07) is 12.8. The van der Waals surface area contributed by atoms with Crippen molar-refractivity contribution in [3.63, 3.8) is 0 Å². The summed E-state index contributed by atoms with van der Waals surface area (Å²) in [7, 11) is 0. The SMILES string of the molecule is Cc1cc(C)cc(CC(O)Cc2c(C)cccc2C)c1. The van der Waals surface area contributed by atoms with Crippen molar-refractivity contribution in [2.45, 2.75) is 46.6 Å². The normalized spacial score (nSPS) is 12.4. The third-order valence-corrected chi connectivity index (χ3v) is 3.84. The molecule has 0 saturated heterocycles. The second-order valence-electron chi connectivity index (χ2n) is 5.93. The summed E-state index contributed by atoms with van der Waals surface area (Å²) in [5.74, 6) is 0. The minimum atomic E-state index is -0.323. The van der Waals surface area contributed by atoms with Gasteiger partial charge in [-0.1, -0.05) is 47.5 Å². The molecular formula is C19H24O. The first-order valence-electron chi connectivity index (χ1n) is 7.26. The average Bonchev–Trinajstić information content (AvgIpc) is 2.32. The fourth-order valence-corrected chi connectivity index (χ4v) is 2.94. The number of hydrogen-bond acceptors (Lipinski definition) is 1. The standard InChI is InChI=1S/C19H24O/c1-13-8-14(2)10-17(9-13)11-18(20)12-19-15(3)6-5-7-16(19)4/h5-10,18,20H,11-12H2,1-4H3. The van der Waals surface area contributed by atoms with Crippen LogP contribution in [0.25, 0.3) is 0 Å². The molecule has 20 heavy (non-hydrogen) atoms. The molecule has 0 bridgehead atoms. The van der Waals surface area contributed by atoms with Gasteiger partial charge in [-0.3, -0.25) is 0 Å². The fourth-order valence-electron chi connectivity index (χ4n) is 2.94. The molecule has 1 heteroatoms. The monoisotopic (exact) mass is 268 g/mol. The van der Waals surface area contributed by atoms with Gasteiger partial charge in [-0.25, -0.2) is 0 Å². The highest BCUT2D eigenvalue weighted by Gasteiger charge is 2.11. The third kappa shape index (κ3) is 3.71. The zero-order valence-electron chi connectivity index (χ0n) is 12.9. The van der Waals surface area contributed by atoms with Crippen LogP contribution in [-0.2, 0) is 12.8 Å². The largest absolute Gasteiger partial charge is 0.392 e. The maximum absolute atomic E-state index is 10.4. The highest BCUT2D eigenvalue weighted by atomic mass is 16.3. The zero-order valence-corrected chi connectivity index (χ0v) is 12.9. The summed E-state index contributed by atoms with van der Waals surface area (Å²) < 4.78 is 0. The van der Waals surface area contributed by atoms with Crippen molar-refractivity contribution in [3.05, 3.63) is 69.8 Å². The lowest BCUT2D eigenvalue weighted by Gasteiger charge is -2.15. The van der Waals surface area contributed by atoms with Crippen LogP contribution in [0, 0.1) is 27.7 Å². The molecule has 0 spiro atoms. The molecule has 0 aliphatic rings. The van der Waals surface area contributed by atoms with Gasteiger partial charge in [-0.05, 0) is 62.8 Å². The first-order chi connectivity index (χ1) is 9.45. The van der Waals surface area contributed by atoms with Gasteiger partial charge < -0.3 is 5.11 Å². The van der Waals surface area contributed by atoms with E-state index < -0.39 is 0 Å². The van der Waals surface area contributed by atoms with Gasteiger partial charge in [0.1, 0.15) is 0 Å². The highest BCUT2D eigenvalue weighted by Crippen LogP contribution is 2.18. The fraction of sp³-hybridized carbons (Fsp3) is 0.368. The molecule has 0 aliphatic carbocycles. The lowest BCUT2D eigenvalue weighted by molar-refractivity contribution is 0.175. The first kappa shape index (κ1) is 14.8. The van der Waals surface area contributed by atoms with E-state index in [1.54, 1.807) is 0 Å². The second kappa shape index (κ2) is 6.23. The Balaban J connectivity index is 2.11. The van der Waals surface area contributed by atoms with Crippen molar-refractivity contribution in [1.29, 1.82) is 0 Å². The molecular weight excluding hydrogens is 244 g/mol. The molecule has 0 aliphatic heterocycles. The topological polar surface area (TPSA) is 20.2 Å². The minimum absolute atomic E-state index is 0.323. The number of hydrogen-bond donors (Lipinski definition) is 1. The van der Waals surface area contributed by atoms with E-state index in [1.165, 1.54) is 33.4 Å². The summed E-state index contributed by atoms with van der Waals surface area (Å²) in [6.07, 6.45) is 1.12. The van der Waals surface area contributed by atoms with E-state index in [2.05, 4.69) is 64.1 Å². The van der Waals surface area contributed by atoms with E-state index >= 15 is 0 Å². The highest BCUT2D eigenvalue weighted by molar-refractivity contribution is 5.34. The summed E-state index contributed by atoms with van der Waals surface area (Å²) >= 11 is 0. The van der Waals surface area contributed by atoms with Crippen molar-refractivity contribution >= 4 is 0 Å². The Labute approximate surface area is 122 Å². The molecule has 0 saturated carbocycles. The number of rotatable bonds is 4. The van der Waals surface area contributed by atoms with Crippen molar-refractivity contribution in [1.82, 2.24) is 0 Å². The lowest BCUT2D eigenvalue weighted by Crippen LogP contribution is -2.15. The molecule has 106 valence electrons. The van der Waals surface area contributed by atoms with Crippen molar-refractivity contribution in [3.8, 4) is 0 Å². The van der Waals surface area contributed by atoms with Gasteiger partial charge >= 0.3 is 0 Å². The molecule has 1 unspecified atom stereocenters. The van der Waals surface area contributed by atoms with Crippen LogP contribution in [0.15, 0.2) is 36.4 Å². The van der Waals surface area contributed by atoms with Crippen LogP contribution in [0.3, 0.4) is 0 Å². The van der Waals surface area contributed by atoms with Gasteiger partial charge in [0.05, 0.1) is 6.10 Å². The first-order valence-corrected chi connectivity index (χ1v) is 7.26. The molecule has 1 nitrogen and oxygen atoms in total. The molecule has 0 aromatic heterocycles. The van der Waals surface area contributed by atoms with Crippen LogP contribution >= 0.6 is 0 Å².